The Bertz CT molecular complexity index is 837. The number of halogens is 1. The first-order valence-corrected chi connectivity index (χ1v) is 6.96. The van der Waals surface area contributed by atoms with Crippen LogP contribution in [0, 0.1) is 15.9 Å². The van der Waals surface area contributed by atoms with Gasteiger partial charge in [0.1, 0.15) is 5.82 Å². The zero-order valence-electron chi connectivity index (χ0n) is 11.0. The molecule has 0 N–H and O–H groups in total. The molecule has 3 rings (SSSR count). The fraction of sp³-hybridized carbons (Fsp3) is 0. The average molecular weight is 317 g/mol. The van der Waals surface area contributed by atoms with Crippen molar-refractivity contribution in [3.05, 3.63) is 64.5 Å². The van der Waals surface area contributed by atoms with Crippen LogP contribution in [0.2, 0.25) is 0 Å². The van der Waals surface area contributed by atoms with Crippen LogP contribution >= 0.6 is 11.8 Å². The molecule has 1 heterocycles. The summed E-state index contributed by atoms with van der Waals surface area (Å²) < 4.78 is 19.0. The molecular formula is C14H8FN3O3S. The standard InChI is InChI=1S/C14H8FN3O3S/c15-10-6-2-1-5-9(10)13-16-17-14(21-13)22-12-8-4-3-7-11(12)18(19)20/h1-8H. The van der Waals surface area contributed by atoms with Gasteiger partial charge in [0.15, 0.2) is 0 Å². The summed E-state index contributed by atoms with van der Waals surface area (Å²) in [4.78, 5) is 10.8. The molecule has 0 amide bonds. The van der Waals surface area contributed by atoms with Crippen LogP contribution < -0.4 is 0 Å². The molecule has 0 spiro atoms. The zero-order chi connectivity index (χ0) is 15.5. The lowest BCUT2D eigenvalue weighted by Gasteiger charge is -1.98. The maximum atomic E-state index is 13.7. The van der Waals surface area contributed by atoms with E-state index in [-0.39, 0.29) is 22.4 Å². The van der Waals surface area contributed by atoms with E-state index in [4.69, 9.17) is 4.42 Å². The van der Waals surface area contributed by atoms with Crippen molar-refractivity contribution in [2.24, 2.45) is 0 Å². The molecule has 0 aliphatic carbocycles. The van der Waals surface area contributed by atoms with Crippen molar-refractivity contribution >= 4 is 17.4 Å². The molecule has 6 nitrogen and oxygen atoms in total. The summed E-state index contributed by atoms with van der Waals surface area (Å²) in [5.41, 5.74) is 0.127. The third-order valence-corrected chi connectivity index (χ3v) is 3.67. The number of aromatic nitrogens is 2. The molecule has 0 atom stereocenters. The largest absolute Gasteiger partial charge is 0.411 e. The Morgan fingerprint density at radius 1 is 1.09 bits per heavy atom. The lowest BCUT2D eigenvalue weighted by molar-refractivity contribution is -0.387. The van der Waals surface area contributed by atoms with Gasteiger partial charge in [-0.2, -0.15) is 0 Å². The van der Waals surface area contributed by atoms with E-state index in [2.05, 4.69) is 10.2 Å². The van der Waals surface area contributed by atoms with Crippen LogP contribution in [-0.4, -0.2) is 15.1 Å². The molecule has 0 radical (unpaired) electrons. The number of para-hydroxylation sites is 1. The van der Waals surface area contributed by atoms with Crippen LogP contribution in [0.5, 0.6) is 0 Å². The Balaban J connectivity index is 1.90. The van der Waals surface area contributed by atoms with E-state index in [0.29, 0.717) is 4.90 Å². The highest BCUT2D eigenvalue weighted by molar-refractivity contribution is 7.99. The number of hydrogen-bond acceptors (Lipinski definition) is 6. The SMILES string of the molecule is O=[N+]([O-])c1ccccc1Sc1nnc(-c2ccccc2F)o1. The maximum Gasteiger partial charge on any atom is 0.283 e. The second-order valence-electron chi connectivity index (χ2n) is 4.18. The van der Waals surface area contributed by atoms with Crippen molar-refractivity contribution in [3.8, 4) is 11.5 Å². The summed E-state index contributed by atoms with van der Waals surface area (Å²) in [6, 6.07) is 12.2. The molecule has 0 fully saturated rings. The summed E-state index contributed by atoms with van der Waals surface area (Å²) >= 11 is 0.960. The van der Waals surface area contributed by atoms with Crippen LogP contribution in [-0.2, 0) is 0 Å². The molecule has 0 aliphatic heterocycles. The first kappa shape index (κ1) is 14.2. The fourth-order valence-electron chi connectivity index (χ4n) is 1.78. The van der Waals surface area contributed by atoms with Gasteiger partial charge in [-0.1, -0.05) is 24.3 Å². The van der Waals surface area contributed by atoms with Gasteiger partial charge in [0, 0.05) is 6.07 Å². The molecule has 22 heavy (non-hydrogen) atoms. The molecule has 1 aromatic heterocycles. The normalized spacial score (nSPS) is 10.6. The maximum absolute atomic E-state index is 13.7. The Morgan fingerprint density at radius 3 is 2.59 bits per heavy atom. The van der Waals surface area contributed by atoms with E-state index in [0.717, 1.165) is 11.8 Å². The first-order valence-electron chi connectivity index (χ1n) is 6.15. The van der Waals surface area contributed by atoms with Gasteiger partial charge in [0.2, 0.25) is 0 Å². The van der Waals surface area contributed by atoms with E-state index in [1.54, 1.807) is 30.3 Å². The van der Waals surface area contributed by atoms with E-state index >= 15 is 0 Å². The van der Waals surface area contributed by atoms with Crippen LogP contribution in [0.4, 0.5) is 10.1 Å². The first-order chi connectivity index (χ1) is 10.6. The Labute approximate surface area is 128 Å². The Morgan fingerprint density at radius 2 is 1.82 bits per heavy atom. The third kappa shape index (κ3) is 2.82. The van der Waals surface area contributed by atoms with Gasteiger partial charge >= 0.3 is 0 Å². The van der Waals surface area contributed by atoms with E-state index < -0.39 is 10.7 Å². The van der Waals surface area contributed by atoms with Crippen molar-refractivity contribution in [1.82, 2.24) is 10.2 Å². The number of nitro benzene ring substituents is 1. The number of nitro groups is 1. The number of benzene rings is 2. The quantitative estimate of drug-likeness (QED) is 0.535. The smallest absolute Gasteiger partial charge is 0.283 e. The number of nitrogens with zero attached hydrogens (tertiary/aromatic N) is 3. The lowest BCUT2D eigenvalue weighted by Crippen LogP contribution is -1.89. The van der Waals surface area contributed by atoms with Gasteiger partial charge in [-0.15, -0.1) is 10.2 Å². The predicted molar refractivity (Wildman–Crippen MR) is 76.9 cm³/mol. The zero-order valence-corrected chi connectivity index (χ0v) is 11.8. The molecule has 110 valence electrons. The minimum Gasteiger partial charge on any atom is -0.411 e. The van der Waals surface area contributed by atoms with Gasteiger partial charge < -0.3 is 4.42 Å². The van der Waals surface area contributed by atoms with Crippen LogP contribution in [0.1, 0.15) is 0 Å². The highest BCUT2D eigenvalue weighted by Crippen LogP contribution is 2.35. The molecule has 3 aromatic rings. The molecule has 8 heteroatoms. The summed E-state index contributed by atoms with van der Waals surface area (Å²) in [6.07, 6.45) is 0. The Hall–Kier alpha value is -2.74. The average Bonchev–Trinajstić information content (AvgIpc) is 2.96. The van der Waals surface area contributed by atoms with Crippen LogP contribution in [0.3, 0.4) is 0 Å². The highest BCUT2D eigenvalue weighted by Gasteiger charge is 2.18. The van der Waals surface area contributed by atoms with Gasteiger partial charge in [-0.25, -0.2) is 4.39 Å². The highest BCUT2D eigenvalue weighted by atomic mass is 32.2. The van der Waals surface area contributed by atoms with Crippen molar-refractivity contribution in [2.75, 3.05) is 0 Å². The summed E-state index contributed by atoms with van der Waals surface area (Å²) in [6.45, 7) is 0. The minimum absolute atomic E-state index is 0.0270. The summed E-state index contributed by atoms with van der Waals surface area (Å²) in [7, 11) is 0. The number of hydrogen-bond donors (Lipinski definition) is 0. The molecule has 0 bridgehead atoms. The second kappa shape index (κ2) is 5.94. The summed E-state index contributed by atoms with van der Waals surface area (Å²) in [5, 5.41) is 18.6. The third-order valence-electron chi connectivity index (χ3n) is 2.77. The molecule has 0 aliphatic rings. The van der Waals surface area contributed by atoms with Crippen LogP contribution in [0.15, 0.2) is 63.1 Å². The van der Waals surface area contributed by atoms with E-state index in [9.17, 15) is 14.5 Å². The monoisotopic (exact) mass is 317 g/mol. The topological polar surface area (TPSA) is 82.1 Å². The molecular weight excluding hydrogens is 309 g/mol. The minimum atomic E-state index is -0.490. The lowest BCUT2D eigenvalue weighted by atomic mass is 10.2. The van der Waals surface area contributed by atoms with Gasteiger partial charge in [0.25, 0.3) is 16.8 Å². The van der Waals surface area contributed by atoms with E-state index in [1.807, 2.05) is 0 Å². The van der Waals surface area contributed by atoms with Crippen molar-refractivity contribution in [3.63, 3.8) is 0 Å². The van der Waals surface area contributed by atoms with Gasteiger partial charge in [-0.05, 0) is 30.0 Å². The van der Waals surface area contributed by atoms with E-state index in [1.165, 1.54) is 18.2 Å². The number of rotatable bonds is 4. The molecule has 0 saturated carbocycles. The van der Waals surface area contributed by atoms with Crippen molar-refractivity contribution in [1.29, 1.82) is 0 Å². The van der Waals surface area contributed by atoms with Gasteiger partial charge in [0.05, 0.1) is 15.4 Å². The van der Waals surface area contributed by atoms with Crippen molar-refractivity contribution in [2.45, 2.75) is 10.1 Å². The van der Waals surface area contributed by atoms with Crippen LogP contribution in [0.25, 0.3) is 11.5 Å². The predicted octanol–water partition coefficient (Wildman–Crippen LogP) is 3.94. The fourth-order valence-corrected chi connectivity index (χ4v) is 2.57. The molecule has 0 saturated heterocycles. The van der Waals surface area contributed by atoms with Gasteiger partial charge in [-0.3, -0.25) is 10.1 Å². The Kier molecular flexibility index (Phi) is 3.84. The summed E-state index contributed by atoms with van der Waals surface area (Å²) in [5.74, 6) is -0.451. The van der Waals surface area contributed by atoms with Crippen molar-refractivity contribution < 1.29 is 13.7 Å². The molecule has 0 unspecified atom stereocenters. The second-order valence-corrected chi connectivity index (χ2v) is 5.17. The molecule has 2 aromatic carbocycles.